The van der Waals surface area contributed by atoms with E-state index in [0.717, 1.165) is 57.9 Å². The first kappa shape index (κ1) is 23.5. The van der Waals surface area contributed by atoms with Gasteiger partial charge in [0.1, 0.15) is 6.54 Å². The minimum atomic E-state index is 0.00141. The molecule has 2 aliphatic rings. The monoisotopic (exact) mass is 429 g/mol. The van der Waals surface area contributed by atoms with E-state index in [1.54, 1.807) is 19.0 Å². The SMILES string of the molecule is CC(c1ccccc1)N1CCC(NC(=NCC(=O)N(C)C)NCC2CCCCO2)CC1. The van der Waals surface area contributed by atoms with Crippen LogP contribution in [0.1, 0.15) is 50.6 Å². The molecule has 1 amide bonds. The number of likely N-dealkylation sites (N-methyl/N-ethyl adjacent to an activating group) is 1. The maximum absolute atomic E-state index is 12.0. The maximum Gasteiger partial charge on any atom is 0.243 e. The average molecular weight is 430 g/mol. The van der Waals surface area contributed by atoms with Crippen LogP contribution in [0.25, 0.3) is 0 Å². The molecule has 2 N–H and O–H groups in total. The Morgan fingerprint density at radius 3 is 2.58 bits per heavy atom. The zero-order valence-electron chi connectivity index (χ0n) is 19.3. The summed E-state index contributed by atoms with van der Waals surface area (Å²) < 4.78 is 5.84. The van der Waals surface area contributed by atoms with Gasteiger partial charge in [0.25, 0.3) is 0 Å². The summed E-state index contributed by atoms with van der Waals surface area (Å²) in [5.74, 6) is 0.723. The number of amides is 1. The molecule has 2 heterocycles. The molecule has 172 valence electrons. The summed E-state index contributed by atoms with van der Waals surface area (Å²) in [6.07, 6.45) is 5.76. The number of hydrogen-bond donors (Lipinski definition) is 2. The van der Waals surface area contributed by atoms with E-state index in [1.807, 2.05) is 0 Å². The number of nitrogens with one attached hydrogen (secondary N) is 2. The Balaban J connectivity index is 1.52. The number of likely N-dealkylation sites (tertiary alicyclic amines) is 1. The second kappa shape index (κ2) is 12.1. The van der Waals surface area contributed by atoms with Crippen LogP contribution in [-0.2, 0) is 9.53 Å². The number of rotatable bonds is 7. The maximum atomic E-state index is 12.0. The van der Waals surface area contributed by atoms with Crippen LogP contribution in [0.4, 0.5) is 0 Å². The van der Waals surface area contributed by atoms with Crippen molar-refractivity contribution < 1.29 is 9.53 Å². The molecule has 0 aliphatic carbocycles. The lowest BCUT2D eigenvalue weighted by Crippen LogP contribution is -2.50. The highest BCUT2D eigenvalue weighted by atomic mass is 16.5. The van der Waals surface area contributed by atoms with E-state index < -0.39 is 0 Å². The Bertz CT molecular complexity index is 695. The summed E-state index contributed by atoms with van der Waals surface area (Å²) in [6.45, 7) is 6.09. The van der Waals surface area contributed by atoms with E-state index in [4.69, 9.17) is 4.74 Å². The Morgan fingerprint density at radius 1 is 1.19 bits per heavy atom. The van der Waals surface area contributed by atoms with E-state index in [-0.39, 0.29) is 18.6 Å². The van der Waals surface area contributed by atoms with Crippen LogP contribution in [0, 0.1) is 0 Å². The minimum absolute atomic E-state index is 0.00141. The normalized spacial score (nSPS) is 22.0. The summed E-state index contributed by atoms with van der Waals surface area (Å²) in [7, 11) is 3.52. The first-order valence-electron chi connectivity index (χ1n) is 11.7. The molecular formula is C24H39N5O2. The van der Waals surface area contributed by atoms with Crippen LogP contribution in [0.15, 0.2) is 35.3 Å². The molecule has 1 aromatic carbocycles. The van der Waals surface area contributed by atoms with Crippen LogP contribution >= 0.6 is 0 Å². The molecule has 7 heteroatoms. The summed E-state index contributed by atoms with van der Waals surface area (Å²) >= 11 is 0. The number of aliphatic imine (C=N–C) groups is 1. The first-order chi connectivity index (χ1) is 15.0. The zero-order valence-corrected chi connectivity index (χ0v) is 19.3. The fourth-order valence-electron chi connectivity index (χ4n) is 4.19. The third kappa shape index (κ3) is 7.51. The fraction of sp³-hybridized carbons (Fsp3) is 0.667. The van der Waals surface area contributed by atoms with Gasteiger partial charge in [0.05, 0.1) is 6.10 Å². The first-order valence-corrected chi connectivity index (χ1v) is 11.7. The van der Waals surface area contributed by atoms with Gasteiger partial charge in [0.2, 0.25) is 5.91 Å². The Morgan fingerprint density at radius 2 is 1.94 bits per heavy atom. The van der Waals surface area contributed by atoms with Gasteiger partial charge >= 0.3 is 0 Å². The van der Waals surface area contributed by atoms with Crippen molar-refractivity contribution in [1.29, 1.82) is 0 Å². The van der Waals surface area contributed by atoms with Crippen molar-refractivity contribution in [3.63, 3.8) is 0 Å². The molecule has 0 saturated carbocycles. The number of nitrogens with zero attached hydrogens (tertiary/aromatic N) is 3. The van der Waals surface area contributed by atoms with Crippen LogP contribution in [-0.4, -0.2) is 80.7 Å². The fourth-order valence-corrected chi connectivity index (χ4v) is 4.19. The van der Waals surface area contributed by atoms with Crippen molar-refractivity contribution in [2.24, 2.45) is 4.99 Å². The summed E-state index contributed by atoms with van der Waals surface area (Å²) in [6, 6.07) is 11.5. The van der Waals surface area contributed by atoms with Crippen LogP contribution < -0.4 is 10.6 Å². The third-order valence-electron chi connectivity index (χ3n) is 6.34. The Hall–Kier alpha value is -2.12. The number of hydrogen-bond acceptors (Lipinski definition) is 4. The van der Waals surface area contributed by atoms with Gasteiger partial charge in [-0.1, -0.05) is 30.3 Å². The number of ether oxygens (including phenoxy) is 1. The van der Waals surface area contributed by atoms with Crippen molar-refractivity contribution in [2.45, 2.75) is 57.2 Å². The van der Waals surface area contributed by atoms with Gasteiger partial charge < -0.3 is 20.3 Å². The van der Waals surface area contributed by atoms with Gasteiger partial charge in [-0.15, -0.1) is 0 Å². The van der Waals surface area contributed by atoms with Gasteiger partial charge in [-0.2, -0.15) is 0 Å². The summed E-state index contributed by atoms with van der Waals surface area (Å²) in [5.41, 5.74) is 1.37. The van der Waals surface area contributed by atoms with E-state index in [9.17, 15) is 4.79 Å². The quantitative estimate of drug-likeness (QED) is 0.515. The molecule has 0 spiro atoms. The Labute approximate surface area is 187 Å². The van der Waals surface area contributed by atoms with Gasteiger partial charge in [0.15, 0.2) is 5.96 Å². The van der Waals surface area contributed by atoms with Crippen LogP contribution in [0.3, 0.4) is 0 Å². The molecule has 3 rings (SSSR count). The smallest absolute Gasteiger partial charge is 0.243 e. The summed E-state index contributed by atoms with van der Waals surface area (Å²) in [5, 5.41) is 7.00. The molecule has 0 radical (unpaired) electrons. The predicted molar refractivity (Wildman–Crippen MR) is 125 cm³/mol. The Kier molecular flexibility index (Phi) is 9.15. The molecule has 2 aliphatic heterocycles. The minimum Gasteiger partial charge on any atom is -0.376 e. The number of piperidine rings is 1. The second-order valence-corrected chi connectivity index (χ2v) is 8.86. The summed E-state index contributed by atoms with van der Waals surface area (Å²) in [4.78, 5) is 20.7. The second-order valence-electron chi connectivity index (χ2n) is 8.86. The van der Waals surface area contributed by atoms with Crippen molar-refractivity contribution in [3.8, 4) is 0 Å². The van der Waals surface area contributed by atoms with Crippen LogP contribution in [0.2, 0.25) is 0 Å². The van der Waals surface area contributed by atoms with Gasteiger partial charge in [-0.3, -0.25) is 9.69 Å². The molecule has 0 bridgehead atoms. The number of guanidine groups is 1. The predicted octanol–water partition coefficient (Wildman–Crippen LogP) is 2.40. The lowest BCUT2D eigenvalue weighted by molar-refractivity contribution is -0.127. The van der Waals surface area contributed by atoms with E-state index in [1.165, 1.54) is 12.0 Å². The lowest BCUT2D eigenvalue weighted by Gasteiger charge is -2.37. The standard InChI is InChI=1S/C24H39N5O2/c1-19(20-9-5-4-6-10-20)29-14-12-21(13-15-29)27-24(26-18-23(30)28(2)3)25-17-22-11-7-8-16-31-22/h4-6,9-10,19,21-22H,7-8,11-18H2,1-3H3,(H2,25,26,27). The van der Waals surface area contributed by atoms with Gasteiger partial charge in [-0.25, -0.2) is 4.99 Å². The average Bonchev–Trinajstić information content (AvgIpc) is 2.81. The van der Waals surface area contributed by atoms with E-state index >= 15 is 0 Å². The molecule has 31 heavy (non-hydrogen) atoms. The third-order valence-corrected chi connectivity index (χ3v) is 6.34. The molecule has 2 unspecified atom stereocenters. The largest absolute Gasteiger partial charge is 0.376 e. The van der Waals surface area contributed by atoms with Crippen molar-refractivity contribution in [2.75, 3.05) is 46.9 Å². The van der Waals surface area contributed by atoms with Crippen molar-refractivity contribution in [3.05, 3.63) is 35.9 Å². The van der Waals surface area contributed by atoms with Crippen molar-refractivity contribution >= 4 is 11.9 Å². The highest BCUT2D eigenvalue weighted by Crippen LogP contribution is 2.24. The van der Waals surface area contributed by atoms with E-state index in [2.05, 4.69) is 57.8 Å². The van der Waals surface area contributed by atoms with E-state index in [0.29, 0.717) is 12.1 Å². The molecular weight excluding hydrogens is 390 g/mol. The molecule has 1 aromatic rings. The zero-order chi connectivity index (χ0) is 22.1. The number of benzene rings is 1. The highest BCUT2D eigenvalue weighted by molar-refractivity contribution is 5.85. The van der Waals surface area contributed by atoms with Gasteiger partial charge in [-0.05, 0) is 44.6 Å². The topological polar surface area (TPSA) is 69.2 Å². The molecule has 2 fully saturated rings. The van der Waals surface area contributed by atoms with Gasteiger partial charge in [0, 0.05) is 52.4 Å². The van der Waals surface area contributed by atoms with Crippen molar-refractivity contribution in [1.82, 2.24) is 20.4 Å². The lowest BCUT2D eigenvalue weighted by atomic mass is 10.0. The molecule has 7 nitrogen and oxygen atoms in total. The number of carbonyl (C=O) groups is 1. The molecule has 0 aromatic heterocycles. The molecule has 2 saturated heterocycles. The highest BCUT2D eigenvalue weighted by Gasteiger charge is 2.24. The molecule has 2 atom stereocenters. The van der Waals surface area contributed by atoms with Crippen LogP contribution in [0.5, 0.6) is 0 Å². The number of carbonyl (C=O) groups excluding carboxylic acids is 1.